The molecule has 1 aliphatic carbocycles. The van der Waals surface area contributed by atoms with Crippen LogP contribution in [0.25, 0.3) is 0 Å². The van der Waals surface area contributed by atoms with Crippen LogP contribution in [0.15, 0.2) is 24.3 Å². The van der Waals surface area contributed by atoms with Gasteiger partial charge in [0, 0.05) is 24.7 Å². The summed E-state index contributed by atoms with van der Waals surface area (Å²) in [5, 5.41) is 16.3. The molecular weight excluding hydrogens is 228 g/mol. The van der Waals surface area contributed by atoms with Gasteiger partial charge in [-0.15, -0.1) is 0 Å². The zero-order valence-corrected chi connectivity index (χ0v) is 10.8. The first-order chi connectivity index (χ1) is 8.56. The number of amides is 1. The summed E-state index contributed by atoms with van der Waals surface area (Å²) >= 11 is 0. The van der Waals surface area contributed by atoms with Gasteiger partial charge in [-0.3, -0.25) is 4.79 Å². The third-order valence-electron chi connectivity index (χ3n) is 3.12. The van der Waals surface area contributed by atoms with E-state index in [1.807, 2.05) is 31.2 Å². The van der Waals surface area contributed by atoms with Gasteiger partial charge in [-0.05, 0) is 37.5 Å². The number of rotatable bonds is 5. The van der Waals surface area contributed by atoms with Crippen LogP contribution in [0.4, 0.5) is 5.69 Å². The van der Waals surface area contributed by atoms with E-state index in [0.29, 0.717) is 6.04 Å². The second-order valence-corrected chi connectivity index (χ2v) is 4.98. The summed E-state index contributed by atoms with van der Waals surface area (Å²) in [6, 6.07) is 7.94. The molecule has 0 aromatic heterocycles. The second-order valence-electron chi connectivity index (χ2n) is 4.98. The molecule has 4 heteroatoms. The number of carbonyl (C=O) groups is 1. The highest BCUT2D eigenvalue weighted by molar-refractivity contribution is 5.88. The molecule has 98 valence electrons. The Morgan fingerprint density at radius 3 is 2.44 bits per heavy atom. The Kier molecular flexibility index (Phi) is 3.99. The molecule has 1 aliphatic rings. The zero-order chi connectivity index (χ0) is 13.1. The van der Waals surface area contributed by atoms with Crippen LogP contribution in [-0.2, 0) is 4.79 Å². The van der Waals surface area contributed by atoms with Crippen LogP contribution in [-0.4, -0.2) is 23.1 Å². The van der Waals surface area contributed by atoms with Gasteiger partial charge in [0.05, 0.1) is 6.10 Å². The first-order valence-electron chi connectivity index (χ1n) is 6.38. The maximum Gasteiger partial charge on any atom is 0.221 e. The van der Waals surface area contributed by atoms with Gasteiger partial charge in [0.25, 0.3) is 0 Å². The molecule has 18 heavy (non-hydrogen) atoms. The molecule has 0 spiro atoms. The SMILES string of the molecule is CC(=O)Nc1ccc(C(O)C(C)NC2CC2)cc1. The predicted octanol–water partition coefficient (Wildman–Crippen LogP) is 1.82. The molecule has 0 saturated heterocycles. The molecule has 2 rings (SSSR count). The average Bonchev–Trinajstić information content (AvgIpc) is 3.12. The lowest BCUT2D eigenvalue weighted by Crippen LogP contribution is -2.33. The lowest BCUT2D eigenvalue weighted by Gasteiger charge is -2.20. The standard InChI is InChI=1S/C14H20N2O2/c1-9(15-12-7-8-12)14(18)11-3-5-13(6-4-11)16-10(2)17/h3-6,9,12,14-15,18H,7-8H2,1-2H3,(H,16,17). The molecule has 0 bridgehead atoms. The van der Waals surface area contributed by atoms with Crippen molar-refractivity contribution in [3.8, 4) is 0 Å². The van der Waals surface area contributed by atoms with Crippen molar-refractivity contribution in [3.63, 3.8) is 0 Å². The highest BCUT2D eigenvalue weighted by Crippen LogP contribution is 2.24. The van der Waals surface area contributed by atoms with E-state index in [0.717, 1.165) is 11.3 Å². The Hall–Kier alpha value is -1.39. The van der Waals surface area contributed by atoms with Crippen molar-refractivity contribution in [2.24, 2.45) is 0 Å². The first kappa shape index (κ1) is 13.1. The Morgan fingerprint density at radius 1 is 1.33 bits per heavy atom. The number of nitrogens with one attached hydrogen (secondary N) is 2. The van der Waals surface area contributed by atoms with Crippen LogP contribution in [0.3, 0.4) is 0 Å². The molecule has 1 amide bonds. The Bertz CT molecular complexity index is 412. The summed E-state index contributed by atoms with van der Waals surface area (Å²) < 4.78 is 0. The van der Waals surface area contributed by atoms with E-state index in [1.54, 1.807) is 0 Å². The molecule has 1 aromatic carbocycles. The van der Waals surface area contributed by atoms with E-state index in [1.165, 1.54) is 19.8 Å². The topological polar surface area (TPSA) is 61.4 Å². The predicted molar refractivity (Wildman–Crippen MR) is 71.3 cm³/mol. The van der Waals surface area contributed by atoms with Crippen molar-refractivity contribution in [3.05, 3.63) is 29.8 Å². The normalized spacial score (nSPS) is 18.2. The minimum Gasteiger partial charge on any atom is -0.387 e. The maximum absolute atomic E-state index is 10.9. The first-order valence-corrected chi connectivity index (χ1v) is 6.38. The number of benzene rings is 1. The molecule has 4 nitrogen and oxygen atoms in total. The van der Waals surface area contributed by atoms with Crippen molar-refractivity contribution in [2.75, 3.05) is 5.32 Å². The fourth-order valence-electron chi connectivity index (χ4n) is 1.97. The van der Waals surface area contributed by atoms with Gasteiger partial charge in [0.1, 0.15) is 0 Å². The average molecular weight is 248 g/mol. The van der Waals surface area contributed by atoms with Crippen LogP contribution < -0.4 is 10.6 Å². The summed E-state index contributed by atoms with van der Waals surface area (Å²) in [5.74, 6) is -0.0907. The monoisotopic (exact) mass is 248 g/mol. The zero-order valence-electron chi connectivity index (χ0n) is 10.8. The summed E-state index contributed by atoms with van der Waals surface area (Å²) in [5.41, 5.74) is 1.62. The fourth-order valence-corrected chi connectivity index (χ4v) is 1.97. The smallest absolute Gasteiger partial charge is 0.221 e. The molecule has 3 N–H and O–H groups in total. The molecule has 1 aromatic rings. The van der Waals surface area contributed by atoms with Gasteiger partial charge in [-0.2, -0.15) is 0 Å². The lowest BCUT2D eigenvalue weighted by atomic mass is 10.0. The van der Waals surface area contributed by atoms with E-state index in [2.05, 4.69) is 10.6 Å². The Morgan fingerprint density at radius 2 is 1.94 bits per heavy atom. The third-order valence-corrected chi connectivity index (χ3v) is 3.12. The van der Waals surface area contributed by atoms with Crippen LogP contribution in [0.2, 0.25) is 0 Å². The van der Waals surface area contributed by atoms with Crippen molar-refractivity contribution < 1.29 is 9.90 Å². The van der Waals surface area contributed by atoms with Gasteiger partial charge in [0.15, 0.2) is 0 Å². The Labute approximate surface area is 107 Å². The van der Waals surface area contributed by atoms with Crippen LogP contribution in [0, 0.1) is 0 Å². The molecule has 1 fully saturated rings. The van der Waals surface area contributed by atoms with Crippen molar-refractivity contribution in [1.29, 1.82) is 0 Å². The van der Waals surface area contributed by atoms with Gasteiger partial charge in [-0.25, -0.2) is 0 Å². The summed E-state index contributed by atoms with van der Waals surface area (Å²) in [6.07, 6.45) is 1.90. The molecular formula is C14H20N2O2. The van der Waals surface area contributed by atoms with Crippen molar-refractivity contribution >= 4 is 11.6 Å². The van der Waals surface area contributed by atoms with Gasteiger partial charge in [-0.1, -0.05) is 12.1 Å². The summed E-state index contributed by atoms with van der Waals surface area (Å²) in [7, 11) is 0. The van der Waals surface area contributed by atoms with E-state index in [4.69, 9.17) is 0 Å². The van der Waals surface area contributed by atoms with Crippen molar-refractivity contribution in [1.82, 2.24) is 5.32 Å². The minimum absolute atomic E-state index is 0.0455. The van der Waals surface area contributed by atoms with Crippen LogP contribution >= 0.6 is 0 Å². The number of carbonyl (C=O) groups excluding carboxylic acids is 1. The number of hydrogen-bond donors (Lipinski definition) is 3. The molecule has 2 atom stereocenters. The molecule has 0 heterocycles. The highest BCUT2D eigenvalue weighted by atomic mass is 16.3. The maximum atomic E-state index is 10.9. The van der Waals surface area contributed by atoms with Gasteiger partial charge in [0.2, 0.25) is 5.91 Å². The minimum atomic E-state index is -0.517. The van der Waals surface area contributed by atoms with Crippen LogP contribution in [0.1, 0.15) is 38.4 Å². The van der Waals surface area contributed by atoms with Gasteiger partial charge >= 0.3 is 0 Å². The van der Waals surface area contributed by atoms with Gasteiger partial charge < -0.3 is 15.7 Å². The number of aliphatic hydroxyl groups excluding tert-OH is 1. The largest absolute Gasteiger partial charge is 0.387 e. The summed E-state index contributed by atoms with van der Waals surface area (Å²) in [4.78, 5) is 10.9. The molecule has 0 aliphatic heterocycles. The van der Waals surface area contributed by atoms with Crippen molar-refractivity contribution in [2.45, 2.75) is 44.9 Å². The van der Waals surface area contributed by atoms with E-state index in [-0.39, 0.29) is 11.9 Å². The molecule has 0 radical (unpaired) electrons. The number of aliphatic hydroxyl groups is 1. The number of anilines is 1. The number of hydrogen-bond acceptors (Lipinski definition) is 3. The second kappa shape index (κ2) is 5.50. The quantitative estimate of drug-likeness (QED) is 0.745. The van der Waals surface area contributed by atoms with E-state index >= 15 is 0 Å². The fraction of sp³-hybridized carbons (Fsp3) is 0.500. The molecule has 1 saturated carbocycles. The third kappa shape index (κ3) is 3.55. The van der Waals surface area contributed by atoms with E-state index in [9.17, 15) is 9.90 Å². The van der Waals surface area contributed by atoms with Crippen LogP contribution in [0.5, 0.6) is 0 Å². The summed E-state index contributed by atoms with van der Waals surface area (Å²) in [6.45, 7) is 3.47. The lowest BCUT2D eigenvalue weighted by molar-refractivity contribution is -0.114. The Balaban J connectivity index is 1.96. The molecule has 2 unspecified atom stereocenters. The van der Waals surface area contributed by atoms with E-state index < -0.39 is 6.10 Å². The highest BCUT2D eigenvalue weighted by Gasteiger charge is 2.26.